The standard InChI is InChI=1S/C16H11F6NO3/c1-2-25-14(24)11-8-23-13(7-12(11)15(17,18)19)9-3-5-10(6-4-9)26-16(20,21)22/h3-8H,2H2,1H3. The highest BCUT2D eigenvalue weighted by Crippen LogP contribution is 2.35. The maximum absolute atomic E-state index is 13.2. The normalized spacial score (nSPS) is 12.0. The molecule has 10 heteroatoms. The van der Waals surface area contributed by atoms with Crippen LogP contribution in [0.3, 0.4) is 0 Å². The third kappa shape index (κ3) is 4.87. The monoisotopic (exact) mass is 379 g/mol. The number of pyridine rings is 1. The van der Waals surface area contributed by atoms with E-state index in [2.05, 4.69) is 14.5 Å². The molecule has 0 saturated carbocycles. The lowest BCUT2D eigenvalue weighted by Crippen LogP contribution is -2.17. The third-order valence-electron chi connectivity index (χ3n) is 3.09. The van der Waals surface area contributed by atoms with Gasteiger partial charge in [0.25, 0.3) is 0 Å². The van der Waals surface area contributed by atoms with Gasteiger partial charge in [-0.25, -0.2) is 4.79 Å². The van der Waals surface area contributed by atoms with E-state index in [1.54, 1.807) is 0 Å². The molecule has 1 aromatic carbocycles. The highest BCUT2D eigenvalue weighted by atomic mass is 19.4. The SMILES string of the molecule is CCOC(=O)c1cnc(-c2ccc(OC(F)(F)F)cc2)cc1C(F)(F)F. The second kappa shape index (κ2) is 7.22. The molecule has 0 unspecified atom stereocenters. The number of aromatic nitrogens is 1. The largest absolute Gasteiger partial charge is 0.573 e. The highest BCUT2D eigenvalue weighted by Gasteiger charge is 2.36. The molecule has 0 atom stereocenters. The van der Waals surface area contributed by atoms with Crippen LogP contribution in [0.25, 0.3) is 11.3 Å². The summed E-state index contributed by atoms with van der Waals surface area (Å²) in [4.78, 5) is 15.4. The summed E-state index contributed by atoms with van der Waals surface area (Å²) in [7, 11) is 0. The lowest BCUT2D eigenvalue weighted by molar-refractivity contribution is -0.274. The van der Waals surface area contributed by atoms with Crippen molar-refractivity contribution in [1.82, 2.24) is 4.98 Å². The minimum Gasteiger partial charge on any atom is -0.462 e. The summed E-state index contributed by atoms with van der Waals surface area (Å²) in [6.07, 6.45) is -9.01. The van der Waals surface area contributed by atoms with E-state index in [1.165, 1.54) is 6.92 Å². The summed E-state index contributed by atoms with van der Waals surface area (Å²) in [5.41, 5.74) is -2.07. The molecule has 0 spiro atoms. The molecule has 0 amide bonds. The third-order valence-corrected chi connectivity index (χ3v) is 3.09. The van der Waals surface area contributed by atoms with Crippen LogP contribution in [0.4, 0.5) is 26.3 Å². The Morgan fingerprint density at radius 3 is 2.19 bits per heavy atom. The number of hydrogen-bond donors (Lipinski definition) is 0. The molecule has 140 valence electrons. The number of rotatable bonds is 4. The van der Waals surface area contributed by atoms with Crippen LogP contribution in [0.2, 0.25) is 0 Å². The predicted octanol–water partition coefficient (Wildman–Crippen LogP) is 4.84. The van der Waals surface area contributed by atoms with Crippen molar-refractivity contribution in [2.75, 3.05) is 6.61 Å². The van der Waals surface area contributed by atoms with E-state index in [9.17, 15) is 31.1 Å². The lowest BCUT2D eigenvalue weighted by Gasteiger charge is -2.13. The zero-order valence-corrected chi connectivity index (χ0v) is 13.1. The van der Waals surface area contributed by atoms with Crippen LogP contribution < -0.4 is 4.74 Å². The van der Waals surface area contributed by atoms with E-state index in [0.29, 0.717) is 6.07 Å². The Morgan fingerprint density at radius 1 is 1.08 bits per heavy atom. The van der Waals surface area contributed by atoms with Crippen LogP contribution in [0.15, 0.2) is 36.5 Å². The van der Waals surface area contributed by atoms with Gasteiger partial charge in [-0.05, 0) is 37.3 Å². The Bertz CT molecular complexity index is 784. The van der Waals surface area contributed by atoms with Gasteiger partial charge >= 0.3 is 18.5 Å². The summed E-state index contributed by atoms with van der Waals surface area (Å²) in [6.45, 7) is 1.33. The first-order valence-corrected chi connectivity index (χ1v) is 7.12. The molecule has 0 saturated heterocycles. The molecule has 0 aliphatic heterocycles. The van der Waals surface area contributed by atoms with Crippen molar-refractivity contribution in [2.24, 2.45) is 0 Å². The molecule has 2 aromatic rings. The minimum absolute atomic E-state index is 0.112. The molecule has 2 rings (SSSR count). The predicted molar refractivity (Wildman–Crippen MR) is 77.3 cm³/mol. The van der Waals surface area contributed by atoms with Gasteiger partial charge in [-0.15, -0.1) is 13.2 Å². The zero-order valence-electron chi connectivity index (χ0n) is 13.1. The van der Waals surface area contributed by atoms with Crippen molar-refractivity contribution < 1.29 is 40.6 Å². The number of alkyl halides is 6. The zero-order chi connectivity index (χ0) is 19.5. The quantitative estimate of drug-likeness (QED) is 0.563. The molecule has 0 aliphatic rings. The van der Waals surface area contributed by atoms with Gasteiger partial charge in [-0.1, -0.05) is 0 Å². The first-order valence-electron chi connectivity index (χ1n) is 7.12. The summed E-state index contributed by atoms with van der Waals surface area (Å²) in [5.74, 6) is -1.70. The number of halogens is 6. The summed E-state index contributed by atoms with van der Waals surface area (Å²) in [6, 6.07) is 4.75. The molecule has 0 aliphatic carbocycles. The van der Waals surface area contributed by atoms with Gasteiger partial charge in [0.05, 0.1) is 23.4 Å². The topological polar surface area (TPSA) is 48.4 Å². The molecule has 0 bridgehead atoms. The van der Waals surface area contributed by atoms with Crippen LogP contribution >= 0.6 is 0 Å². The van der Waals surface area contributed by atoms with Crippen LogP contribution in [-0.2, 0) is 10.9 Å². The van der Waals surface area contributed by atoms with Gasteiger partial charge in [-0.2, -0.15) is 13.2 Å². The Hall–Kier alpha value is -2.78. The van der Waals surface area contributed by atoms with E-state index < -0.39 is 35.4 Å². The van der Waals surface area contributed by atoms with Crippen molar-refractivity contribution >= 4 is 5.97 Å². The van der Waals surface area contributed by atoms with Crippen LogP contribution in [-0.4, -0.2) is 23.9 Å². The van der Waals surface area contributed by atoms with Crippen molar-refractivity contribution in [1.29, 1.82) is 0 Å². The van der Waals surface area contributed by atoms with E-state index in [1.807, 2.05) is 0 Å². The molecule has 4 nitrogen and oxygen atoms in total. The van der Waals surface area contributed by atoms with Gasteiger partial charge in [0.2, 0.25) is 0 Å². The van der Waals surface area contributed by atoms with Crippen LogP contribution in [0.1, 0.15) is 22.8 Å². The van der Waals surface area contributed by atoms with Crippen molar-refractivity contribution in [3.05, 3.63) is 47.7 Å². The maximum Gasteiger partial charge on any atom is 0.573 e. The number of benzene rings is 1. The molecular formula is C16H11F6NO3. The Kier molecular flexibility index (Phi) is 5.43. The van der Waals surface area contributed by atoms with E-state index >= 15 is 0 Å². The Balaban J connectivity index is 2.40. The molecule has 0 N–H and O–H groups in total. The number of hydrogen-bond acceptors (Lipinski definition) is 4. The van der Waals surface area contributed by atoms with Gasteiger partial charge in [0, 0.05) is 11.8 Å². The second-order valence-corrected chi connectivity index (χ2v) is 4.91. The first kappa shape index (κ1) is 19.5. The van der Waals surface area contributed by atoms with Crippen LogP contribution in [0, 0.1) is 0 Å². The van der Waals surface area contributed by atoms with E-state index in [0.717, 1.165) is 30.5 Å². The van der Waals surface area contributed by atoms with Gasteiger partial charge in [-0.3, -0.25) is 4.98 Å². The van der Waals surface area contributed by atoms with Crippen LogP contribution in [0.5, 0.6) is 5.75 Å². The summed E-state index contributed by atoms with van der Waals surface area (Å²) >= 11 is 0. The lowest BCUT2D eigenvalue weighted by atomic mass is 10.0. The average Bonchev–Trinajstić information content (AvgIpc) is 2.53. The number of esters is 1. The number of ether oxygens (including phenoxy) is 2. The fourth-order valence-electron chi connectivity index (χ4n) is 2.05. The van der Waals surface area contributed by atoms with Gasteiger partial charge in [0.1, 0.15) is 5.75 Å². The maximum atomic E-state index is 13.2. The Labute approximate surface area is 143 Å². The molecular weight excluding hydrogens is 368 g/mol. The smallest absolute Gasteiger partial charge is 0.462 e. The molecule has 0 radical (unpaired) electrons. The highest BCUT2D eigenvalue weighted by molar-refractivity contribution is 5.91. The fraction of sp³-hybridized carbons (Fsp3) is 0.250. The summed E-state index contributed by atoms with van der Waals surface area (Å²) in [5, 5.41) is 0. The van der Waals surface area contributed by atoms with Crippen molar-refractivity contribution in [2.45, 2.75) is 19.5 Å². The molecule has 1 aromatic heterocycles. The average molecular weight is 379 g/mol. The summed E-state index contributed by atoms with van der Waals surface area (Å²) < 4.78 is 84.3. The molecule has 1 heterocycles. The van der Waals surface area contributed by atoms with E-state index in [-0.39, 0.29) is 17.9 Å². The molecule has 26 heavy (non-hydrogen) atoms. The molecule has 0 fully saturated rings. The van der Waals surface area contributed by atoms with Crippen molar-refractivity contribution in [3.63, 3.8) is 0 Å². The number of nitrogens with zero attached hydrogens (tertiary/aromatic N) is 1. The van der Waals surface area contributed by atoms with Crippen molar-refractivity contribution in [3.8, 4) is 17.0 Å². The first-order chi connectivity index (χ1) is 12.0. The minimum atomic E-state index is -4.88. The van der Waals surface area contributed by atoms with E-state index in [4.69, 9.17) is 0 Å². The van der Waals surface area contributed by atoms with Gasteiger partial charge < -0.3 is 9.47 Å². The number of carbonyl (C=O) groups is 1. The number of carbonyl (C=O) groups excluding carboxylic acids is 1. The Morgan fingerprint density at radius 2 is 1.69 bits per heavy atom. The van der Waals surface area contributed by atoms with Gasteiger partial charge in [0.15, 0.2) is 0 Å². The fourth-order valence-corrected chi connectivity index (χ4v) is 2.05. The second-order valence-electron chi connectivity index (χ2n) is 4.91.